The van der Waals surface area contributed by atoms with E-state index in [0.29, 0.717) is 30.1 Å². The molecule has 3 rings (SSSR count). The summed E-state index contributed by atoms with van der Waals surface area (Å²) in [5, 5.41) is 3.19. The molecule has 0 saturated heterocycles. The highest BCUT2D eigenvalue weighted by atomic mass is 35.5. The average molecular weight is 389 g/mol. The van der Waals surface area contributed by atoms with Crippen LogP contribution in [0.4, 0.5) is 5.95 Å². The molecule has 1 aliphatic heterocycles. The number of carbonyl (C=O) groups excluding carboxylic acids is 3. The second-order valence-electron chi connectivity index (χ2n) is 5.94. The van der Waals surface area contributed by atoms with E-state index in [1.807, 2.05) is 0 Å². The van der Waals surface area contributed by atoms with Gasteiger partial charge < -0.3 is 9.64 Å². The number of amides is 2. The van der Waals surface area contributed by atoms with Crippen LogP contribution in [-0.2, 0) is 27.3 Å². The lowest BCUT2D eigenvalue weighted by molar-refractivity contribution is -0.147. The molecule has 140 valence electrons. The zero-order valence-electron chi connectivity index (χ0n) is 14.6. The summed E-state index contributed by atoms with van der Waals surface area (Å²) in [7, 11) is 1.24. The van der Waals surface area contributed by atoms with Crippen LogP contribution in [0.2, 0.25) is 5.02 Å². The maximum Gasteiger partial charge on any atom is 0.315 e. The Labute approximate surface area is 160 Å². The number of anilines is 1. The normalized spacial score (nSPS) is 12.9. The monoisotopic (exact) mass is 388 g/mol. The van der Waals surface area contributed by atoms with Gasteiger partial charge in [-0.25, -0.2) is 9.97 Å². The lowest BCUT2D eigenvalue weighted by Gasteiger charge is -2.27. The Morgan fingerprint density at radius 1 is 1.26 bits per heavy atom. The molecule has 0 aliphatic carbocycles. The van der Waals surface area contributed by atoms with E-state index in [1.165, 1.54) is 7.11 Å². The van der Waals surface area contributed by atoms with Gasteiger partial charge in [0.1, 0.15) is 6.42 Å². The van der Waals surface area contributed by atoms with Crippen molar-refractivity contribution in [1.29, 1.82) is 0 Å². The Morgan fingerprint density at radius 3 is 2.70 bits per heavy atom. The molecule has 0 fully saturated rings. The molecular formula is C18H17ClN4O4. The van der Waals surface area contributed by atoms with E-state index in [4.69, 9.17) is 11.6 Å². The van der Waals surface area contributed by atoms with Gasteiger partial charge in [0.2, 0.25) is 11.9 Å². The molecule has 9 heteroatoms. The van der Waals surface area contributed by atoms with Gasteiger partial charge in [-0.2, -0.15) is 0 Å². The van der Waals surface area contributed by atoms with E-state index in [2.05, 4.69) is 20.0 Å². The summed E-state index contributed by atoms with van der Waals surface area (Å²) in [5.41, 5.74) is 1.99. The second-order valence-corrected chi connectivity index (χ2v) is 6.38. The SMILES string of the molecule is COC(=O)CC(=O)N1CCc2nc(NC(=O)c3ccc(Cl)cc3)ncc2C1. The molecular weight excluding hydrogens is 372 g/mol. The van der Waals surface area contributed by atoms with Gasteiger partial charge in [0, 0.05) is 41.9 Å². The van der Waals surface area contributed by atoms with Crippen molar-refractivity contribution in [3.05, 3.63) is 52.3 Å². The van der Waals surface area contributed by atoms with Crippen LogP contribution >= 0.6 is 11.6 Å². The Hall–Kier alpha value is -3.00. The number of methoxy groups -OCH3 is 1. The average Bonchev–Trinajstić information content (AvgIpc) is 2.67. The minimum Gasteiger partial charge on any atom is -0.469 e. The smallest absolute Gasteiger partial charge is 0.315 e. The molecule has 0 atom stereocenters. The van der Waals surface area contributed by atoms with Crippen LogP contribution in [0.15, 0.2) is 30.5 Å². The highest BCUT2D eigenvalue weighted by Crippen LogP contribution is 2.19. The number of nitrogens with zero attached hydrogens (tertiary/aromatic N) is 3. The van der Waals surface area contributed by atoms with E-state index >= 15 is 0 Å². The number of hydrogen-bond acceptors (Lipinski definition) is 6. The van der Waals surface area contributed by atoms with Crippen molar-refractivity contribution in [2.75, 3.05) is 19.0 Å². The Kier molecular flexibility index (Phi) is 5.66. The van der Waals surface area contributed by atoms with E-state index in [0.717, 1.165) is 11.3 Å². The van der Waals surface area contributed by atoms with Crippen LogP contribution in [0.25, 0.3) is 0 Å². The Morgan fingerprint density at radius 2 is 2.00 bits per heavy atom. The highest BCUT2D eigenvalue weighted by molar-refractivity contribution is 6.30. The summed E-state index contributed by atoms with van der Waals surface area (Å²) in [4.78, 5) is 45.7. The molecule has 2 amide bonds. The summed E-state index contributed by atoms with van der Waals surface area (Å²) in [5.74, 6) is -1.00. The number of halogens is 1. The number of ether oxygens (including phenoxy) is 1. The quantitative estimate of drug-likeness (QED) is 0.633. The first-order valence-corrected chi connectivity index (χ1v) is 8.60. The number of benzene rings is 1. The first-order chi connectivity index (χ1) is 13.0. The summed E-state index contributed by atoms with van der Waals surface area (Å²) >= 11 is 5.82. The van der Waals surface area contributed by atoms with Crippen LogP contribution in [0.5, 0.6) is 0 Å². The van der Waals surface area contributed by atoms with Crippen molar-refractivity contribution < 1.29 is 19.1 Å². The zero-order chi connectivity index (χ0) is 19.4. The largest absolute Gasteiger partial charge is 0.469 e. The molecule has 27 heavy (non-hydrogen) atoms. The fraction of sp³-hybridized carbons (Fsp3) is 0.278. The van der Waals surface area contributed by atoms with Crippen LogP contribution < -0.4 is 5.32 Å². The third kappa shape index (κ3) is 4.59. The van der Waals surface area contributed by atoms with Crippen LogP contribution in [0.3, 0.4) is 0 Å². The molecule has 0 saturated carbocycles. The minimum atomic E-state index is -0.567. The number of esters is 1. The number of fused-ring (bicyclic) bond motifs is 1. The predicted molar refractivity (Wildman–Crippen MR) is 97.2 cm³/mol. The van der Waals surface area contributed by atoms with Gasteiger partial charge in [0.05, 0.1) is 12.8 Å². The zero-order valence-corrected chi connectivity index (χ0v) is 15.3. The van der Waals surface area contributed by atoms with Gasteiger partial charge in [-0.3, -0.25) is 19.7 Å². The van der Waals surface area contributed by atoms with E-state index in [9.17, 15) is 14.4 Å². The predicted octanol–water partition coefficient (Wildman–Crippen LogP) is 1.83. The van der Waals surface area contributed by atoms with Gasteiger partial charge in [0.15, 0.2) is 0 Å². The standard InChI is InChI=1S/C18H17ClN4O4/c1-27-16(25)8-15(24)23-7-6-14-12(10-23)9-20-18(21-14)22-17(26)11-2-4-13(19)5-3-11/h2-5,9H,6-8,10H2,1H3,(H,20,21,22,26). The Bertz CT molecular complexity index is 885. The fourth-order valence-electron chi connectivity index (χ4n) is 2.67. The van der Waals surface area contributed by atoms with Gasteiger partial charge >= 0.3 is 5.97 Å². The van der Waals surface area contributed by atoms with Gasteiger partial charge in [-0.05, 0) is 24.3 Å². The van der Waals surface area contributed by atoms with E-state index < -0.39 is 5.97 Å². The van der Waals surface area contributed by atoms with Crippen molar-refractivity contribution in [3.8, 4) is 0 Å². The second kappa shape index (κ2) is 8.13. The van der Waals surface area contributed by atoms with Gasteiger partial charge in [-0.1, -0.05) is 11.6 Å². The third-order valence-corrected chi connectivity index (χ3v) is 4.39. The van der Waals surface area contributed by atoms with Crippen LogP contribution in [-0.4, -0.2) is 46.3 Å². The molecule has 1 N–H and O–H groups in total. The molecule has 0 unspecified atom stereocenters. The molecule has 2 aromatic rings. The van der Waals surface area contributed by atoms with Crippen molar-refractivity contribution in [2.24, 2.45) is 0 Å². The van der Waals surface area contributed by atoms with Gasteiger partial charge in [-0.15, -0.1) is 0 Å². The first-order valence-electron chi connectivity index (χ1n) is 8.22. The summed E-state index contributed by atoms with van der Waals surface area (Å²) in [6.45, 7) is 0.751. The number of carbonyl (C=O) groups is 3. The number of nitrogens with one attached hydrogen (secondary N) is 1. The number of hydrogen-bond donors (Lipinski definition) is 1. The molecule has 1 aromatic heterocycles. The summed E-state index contributed by atoms with van der Waals surface area (Å²) in [6.07, 6.45) is 1.80. The van der Waals surface area contributed by atoms with E-state index in [1.54, 1.807) is 35.4 Å². The lowest BCUT2D eigenvalue weighted by atomic mass is 10.1. The van der Waals surface area contributed by atoms with E-state index in [-0.39, 0.29) is 24.2 Å². The molecule has 1 aromatic carbocycles. The van der Waals surface area contributed by atoms with Crippen LogP contribution in [0.1, 0.15) is 28.0 Å². The van der Waals surface area contributed by atoms with Crippen molar-refractivity contribution >= 4 is 35.3 Å². The van der Waals surface area contributed by atoms with Crippen molar-refractivity contribution in [3.63, 3.8) is 0 Å². The maximum atomic E-state index is 12.2. The maximum absolute atomic E-state index is 12.2. The van der Waals surface area contributed by atoms with Gasteiger partial charge in [0.25, 0.3) is 5.91 Å². The molecule has 0 bridgehead atoms. The molecule has 2 heterocycles. The summed E-state index contributed by atoms with van der Waals surface area (Å²) in [6, 6.07) is 6.48. The molecule has 8 nitrogen and oxygen atoms in total. The number of aromatic nitrogens is 2. The molecule has 0 spiro atoms. The number of rotatable bonds is 4. The minimum absolute atomic E-state index is 0.197. The van der Waals surface area contributed by atoms with Crippen molar-refractivity contribution in [1.82, 2.24) is 14.9 Å². The third-order valence-electron chi connectivity index (χ3n) is 4.14. The van der Waals surface area contributed by atoms with Crippen LogP contribution in [0, 0.1) is 0 Å². The topological polar surface area (TPSA) is 101 Å². The highest BCUT2D eigenvalue weighted by Gasteiger charge is 2.24. The van der Waals surface area contributed by atoms with Crippen molar-refractivity contribution in [2.45, 2.75) is 19.4 Å². The molecule has 1 aliphatic rings. The lowest BCUT2D eigenvalue weighted by Crippen LogP contribution is -2.37. The fourth-order valence-corrected chi connectivity index (χ4v) is 2.80. The first kappa shape index (κ1) is 18.8. The summed E-state index contributed by atoms with van der Waals surface area (Å²) < 4.78 is 4.52. The molecule has 0 radical (unpaired) electrons. The Balaban J connectivity index is 1.66.